The Morgan fingerprint density at radius 3 is 2.54 bits per heavy atom. The van der Waals surface area contributed by atoms with Gasteiger partial charge in [0.25, 0.3) is 5.91 Å². The molecule has 1 saturated heterocycles. The maximum atomic E-state index is 13.0. The van der Waals surface area contributed by atoms with Crippen LogP contribution in [0.2, 0.25) is 0 Å². The topological polar surface area (TPSA) is 128 Å². The summed E-state index contributed by atoms with van der Waals surface area (Å²) in [7, 11) is 0. The lowest BCUT2D eigenvalue weighted by molar-refractivity contribution is 0.0135. The van der Waals surface area contributed by atoms with E-state index < -0.39 is 5.60 Å². The van der Waals surface area contributed by atoms with Crippen LogP contribution in [0.15, 0.2) is 60.9 Å². The number of carbonyl (C=O) groups is 2. The Hall–Kier alpha value is -4.47. The number of nitrogens with one attached hydrogen (secondary N) is 1. The van der Waals surface area contributed by atoms with Crippen LogP contribution >= 0.6 is 0 Å². The molecule has 2 amide bonds. The van der Waals surface area contributed by atoms with Gasteiger partial charge in [-0.2, -0.15) is 5.10 Å². The first-order valence-electron chi connectivity index (χ1n) is 13.1. The van der Waals surface area contributed by atoms with Crippen LogP contribution in [0.5, 0.6) is 0 Å². The summed E-state index contributed by atoms with van der Waals surface area (Å²) < 4.78 is 7.58. The Bertz CT molecular complexity index is 1560. The van der Waals surface area contributed by atoms with Gasteiger partial charge >= 0.3 is 6.09 Å². The maximum absolute atomic E-state index is 13.0. The highest BCUT2D eigenvalue weighted by Crippen LogP contribution is 2.46. The summed E-state index contributed by atoms with van der Waals surface area (Å²) in [6, 6.07) is 16.4. The minimum absolute atomic E-state index is 0.0556. The van der Waals surface area contributed by atoms with Crippen molar-refractivity contribution in [2.45, 2.75) is 51.3 Å². The zero-order valence-electron chi connectivity index (χ0n) is 22.2. The number of piperidine rings is 1. The van der Waals surface area contributed by atoms with Gasteiger partial charge in [0.15, 0.2) is 5.65 Å². The summed E-state index contributed by atoms with van der Waals surface area (Å²) in [5, 5.41) is 8.55. The van der Waals surface area contributed by atoms with Crippen LogP contribution in [0.3, 0.4) is 0 Å². The van der Waals surface area contributed by atoms with Crippen LogP contribution in [0.25, 0.3) is 22.3 Å². The average molecular weight is 526 g/mol. The van der Waals surface area contributed by atoms with Gasteiger partial charge in [0.05, 0.1) is 17.5 Å². The number of nitrogen functional groups attached to an aromatic ring is 1. The van der Waals surface area contributed by atoms with Crippen molar-refractivity contribution in [3.63, 3.8) is 0 Å². The molecule has 2 aliphatic rings. The molecule has 10 nitrogen and oxygen atoms in total. The number of aromatic nitrogens is 4. The molecular weight excluding hydrogens is 494 g/mol. The van der Waals surface area contributed by atoms with Crippen LogP contribution in [0.1, 0.15) is 50.0 Å². The van der Waals surface area contributed by atoms with Gasteiger partial charge in [-0.25, -0.2) is 19.4 Å². The number of hydrogen-bond acceptors (Lipinski definition) is 7. The van der Waals surface area contributed by atoms with E-state index in [1.54, 1.807) is 12.1 Å². The van der Waals surface area contributed by atoms with Crippen LogP contribution < -0.4 is 11.1 Å². The van der Waals surface area contributed by atoms with Gasteiger partial charge in [0.1, 0.15) is 23.4 Å². The fourth-order valence-electron chi connectivity index (χ4n) is 5.75. The van der Waals surface area contributed by atoms with Gasteiger partial charge in [-0.05, 0) is 63.8 Å². The number of rotatable bonds is 4. The summed E-state index contributed by atoms with van der Waals surface area (Å²) >= 11 is 0. The smallest absolute Gasteiger partial charge is 0.410 e. The summed E-state index contributed by atoms with van der Waals surface area (Å²) in [6.07, 6.45) is 2.89. The van der Waals surface area contributed by atoms with Crippen LogP contribution in [-0.2, 0) is 4.74 Å². The molecule has 4 aromatic rings. The van der Waals surface area contributed by atoms with Gasteiger partial charge in [-0.1, -0.05) is 30.3 Å². The molecule has 1 aliphatic heterocycles. The van der Waals surface area contributed by atoms with Crippen molar-refractivity contribution < 1.29 is 14.3 Å². The normalized spacial score (nSPS) is 20.4. The number of anilines is 2. The molecule has 2 aromatic carbocycles. The number of benzene rings is 2. The Kier molecular flexibility index (Phi) is 5.97. The van der Waals surface area contributed by atoms with Gasteiger partial charge in [0, 0.05) is 23.4 Å². The summed E-state index contributed by atoms with van der Waals surface area (Å²) in [6.45, 7) is 6.30. The van der Waals surface area contributed by atoms with Crippen molar-refractivity contribution in [3.8, 4) is 11.3 Å². The number of ether oxygens (including phenoxy) is 1. The zero-order valence-corrected chi connectivity index (χ0v) is 22.2. The van der Waals surface area contributed by atoms with Gasteiger partial charge in [-0.15, -0.1) is 0 Å². The average Bonchev–Trinajstić information content (AvgIpc) is 3.62. The fraction of sp³-hybridized carbons (Fsp3) is 0.345. The lowest BCUT2D eigenvalue weighted by Gasteiger charge is -2.34. The first kappa shape index (κ1) is 24.8. The number of para-hydroxylation sites is 1. The number of carbonyl (C=O) groups excluding carboxylic acids is 2. The van der Waals surface area contributed by atoms with E-state index in [4.69, 9.17) is 15.6 Å². The molecule has 6 rings (SSSR count). The lowest BCUT2D eigenvalue weighted by atomic mass is 10.1. The largest absolute Gasteiger partial charge is 0.444 e. The second-order valence-electron chi connectivity index (χ2n) is 11.3. The van der Waals surface area contributed by atoms with Crippen LogP contribution in [-0.4, -0.2) is 54.8 Å². The zero-order chi connectivity index (χ0) is 27.3. The molecule has 200 valence electrons. The monoisotopic (exact) mass is 525 g/mol. The molecule has 10 heteroatoms. The molecule has 0 spiro atoms. The number of fused-ring (bicyclic) bond motifs is 3. The molecule has 2 fully saturated rings. The number of likely N-dealkylation sites (tertiary alicyclic amines) is 1. The molecule has 3 heterocycles. The van der Waals surface area contributed by atoms with Crippen molar-refractivity contribution in [1.82, 2.24) is 24.6 Å². The molecule has 2 bridgehead atoms. The number of hydrogen-bond donors (Lipinski definition) is 2. The van der Waals surface area contributed by atoms with E-state index in [1.165, 1.54) is 6.33 Å². The molecule has 39 heavy (non-hydrogen) atoms. The predicted octanol–water partition coefficient (Wildman–Crippen LogP) is 4.90. The SMILES string of the molecule is CC(C)(C)OC(=O)N1CC2CC1C(n1nc(-c3cccc(C(=O)Nc4ccccc4)c3)c3c(N)ncnc31)C2. The van der Waals surface area contributed by atoms with Crippen LogP contribution in [0.4, 0.5) is 16.3 Å². The molecule has 3 atom stereocenters. The highest BCUT2D eigenvalue weighted by molar-refractivity contribution is 6.06. The Morgan fingerprint density at radius 1 is 1.03 bits per heavy atom. The second-order valence-corrected chi connectivity index (χ2v) is 11.3. The van der Waals surface area contributed by atoms with Gasteiger partial charge in [-0.3, -0.25) is 4.79 Å². The van der Waals surface area contributed by atoms with Gasteiger partial charge in [0.2, 0.25) is 0 Å². The number of nitrogens with two attached hydrogens (primary N) is 1. The second kappa shape index (κ2) is 9.37. The molecule has 1 aliphatic carbocycles. The van der Waals surface area contributed by atoms with Crippen molar-refractivity contribution >= 4 is 34.5 Å². The molecule has 3 unspecified atom stereocenters. The minimum atomic E-state index is -0.570. The third kappa shape index (κ3) is 4.67. The van der Waals surface area contributed by atoms with E-state index in [9.17, 15) is 9.59 Å². The third-order valence-corrected chi connectivity index (χ3v) is 7.34. The Labute approximate surface area is 226 Å². The van der Waals surface area contributed by atoms with E-state index in [2.05, 4.69) is 15.3 Å². The predicted molar refractivity (Wildman–Crippen MR) is 148 cm³/mol. The first-order chi connectivity index (χ1) is 18.7. The van der Waals surface area contributed by atoms with Gasteiger partial charge < -0.3 is 20.7 Å². The number of amides is 2. The summed E-state index contributed by atoms with van der Waals surface area (Å²) in [4.78, 5) is 36.6. The quantitative estimate of drug-likeness (QED) is 0.388. The fourth-order valence-corrected chi connectivity index (χ4v) is 5.75. The summed E-state index contributed by atoms with van der Waals surface area (Å²) in [5.41, 5.74) is 8.93. The van der Waals surface area contributed by atoms with E-state index in [0.29, 0.717) is 46.3 Å². The maximum Gasteiger partial charge on any atom is 0.410 e. The van der Waals surface area contributed by atoms with E-state index in [1.807, 2.05) is 72.8 Å². The molecule has 1 saturated carbocycles. The molecular formula is C29H31N7O3. The standard InChI is InChI=1S/C29H31N7O3/c1-29(2,3)39-28(38)35-15-17-12-21(35)22(13-17)36-26-23(25(30)31-16-32-26)24(34-36)18-8-7-9-19(14-18)27(37)33-20-10-5-4-6-11-20/h4-11,14,16-17,21-22H,12-13,15H2,1-3H3,(H,33,37)(H2,30,31,32). The Morgan fingerprint density at radius 2 is 1.79 bits per heavy atom. The van der Waals surface area contributed by atoms with Crippen molar-refractivity contribution in [3.05, 3.63) is 66.5 Å². The lowest BCUT2D eigenvalue weighted by Crippen LogP contribution is -2.45. The minimum Gasteiger partial charge on any atom is -0.444 e. The highest BCUT2D eigenvalue weighted by Gasteiger charge is 2.49. The van der Waals surface area contributed by atoms with E-state index in [-0.39, 0.29) is 24.1 Å². The molecule has 2 aromatic heterocycles. The third-order valence-electron chi connectivity index (χ3n) is 7.34. The first-order valence-corrected chi connectivity index (χ1v) is 13.1. The van der Waals surface area contributed by atoms with E-state index in [0.717, 1.165) is 18.4 Å². The van der Waals surface area contributed by atoms with Crippen molar-refractivity contribution in [2.24, 2.45) is 5.92 Å². The van der Waals surface area contributed by atoms with Crippen molar-refractivity contribution in [1.29, 1.82) is 0 Å². The highest BCUT2D eigenvalue weighted by atomic mass is 16.6. The molecule has 0 radical (unpaired) electrons. The van der Waals surface area contributed by atoms with Crippen molar-refractivity contribution in [2.75, 3.05) is 17.6 Å². The number of nitrogens with zero attached hydrogens (tertiary/aromatic N) is 5. The van der Waals surface area contributed by atoms with Crippen LogP contribution in [0, 0.1) is 5.92 Å². The Balaban J connectivity index is 1.36. The summed E-state index contributed by atoms with van der Waals surface area (Å²) in [5.74, 6) is 0.448. The van der Waals surface area contributed by atoms with E-state index >= 15 is 0 Å². The molecule has 3 N–H and O–H groups in total.